The lowest BCUT2D eigenvalue weighted by Crippen LogP contribution is -2.73. The van der Waals surface area contributed by atoms with Crippen LogP contribution in [0.5, 0.6) is 0 Å². The Bertz CT molecular complexity index is 1200. The number of carbonyl (C=O) groups is 3. The maximum atomic E-state index is 12.9. The number of nitrogens with zero attached hydrogens (tertiary/aromatic N) is 5. The summed E-state index contributed by atoms with van der Waals surface area (Å²) in [7, 11) is 3.17. The van der Waals surface area contributed by atoms with E-state index in [2.05, 4.69) is 19.8 Å². The van der Waals surface area contributed by atoms with E-state index in [9.17, 15) is 19.5 Å². The topological polar surface area (TPSA) is 164 Å². The normalized spacial score (nSPS) is 20.0. The van der Waals surface area contributed by atoms with Gasteiger partial charge in [-0.25, -0.2) is 9.36 Å². The van der Waals surface area contributed by atoms with Crippen LogP contribution in [0, 0.1) is 0 Å². The minimum absolute atomic E-state index is 0.0246. The molecule has 0 aromatic carbocycles. The zero-order valence-corrected chi connectivity index (χ0v) is 20.4. The van der Waals surface area contributed by atoms with Crippen molar-refractivity contribution in [2.75, 3.05) is 24.3 Å². The molecule has 2 amide bonds. The van der Waals surface area contributed by atoms with Gasteiger partial charge in [0, 0.05) is 45.0 Å². The van der Waals surface area contributed by atoms with Gasteiger partial charge in [-0.1, -0.05) is 5.16 Å². The average Bonchev–Trinajstić information content (AvgIpc) is 3.25. The van der Waals surface area contributed by atoms with Gasteiger partial charge in [0.1, 0.15) is 25.9 Å². The number of hydrogen-bond acceptors (Lipinski definition) is 11. The van der Waals surface area contributed by atoms with Crippen molar-refractivity contribution < 1.29 is 28.9 Å². The van der Waals surface area contributed by atoms with Gasteiger partial charge in [0.05, 0.1) is 6.04 Å². The summed E-state index contributed by atoms with van der Waals surface area (Å²) in [6, 6.07) is 2.46. The second-order valence-electron chi connectivity index (χ2n) is 7.18. The number of thioether (sulfide) groups is 2. The average molecular weight is 523 g/mol. The SMILES string of the molecule is CON=C(C(=O)NC1C(=O)N2C(C(=O)O)=C(CSc3cc[n+](C)cc3)SCC12)c1nsc(N)n1. The van der Waals surface area contributed by atoms with Gasteiger partial charge in [-0.2, -0.15) is 9.36 Å². The number of hydrogen-bond donors (Lipinski definition) is 3. The van der Waals surface area contributed by atoms with Crippen LogP contribution in [-0.2, 0) is 26.3 Å². The molecule has 4 heterocycles. The molecule has 12 nitrogen and oxygen atoms in total. The Balaban J connectivity index is 1.48. The number of fused-ring (bicyclic) bond motifs is 1. The molecule has 1 saturated heterocycles. The molecular formula is C19H20N7O5S3+. The summed E-state index contributed by atoms with van der Waals surface area (Å²) < 4.78 is 5.85. The number of pyridine rings is 1. The molecule has 4 rings (SSSR count). The van der Waals surface area contributed by atoms with Gasteiger partial charge in [-0.3, -0.25) is 14.5 Å². The standard InChI is InChI=1S/C19H19N7O5S3/c1-25-5-3-9(4-6-25)32-8-11-14(18(29)30)26-10(7-33-11)12(17(26)28)21-16(27)13(23-31-2)15-22-19(20)34-24-15/h3-6,10,12H,7-8H2,1-2H3,(H3-,20,21,22,24,27,29,30)/p+1. The number of amides is 2. The molecule has 4 N–H and O–H groups in total. The Labute approximate surface area is 206 Å². The molecule has 2 atom stereocenters. The number of nitrogens with one attached hydrogen (secondary N) is 1. The van der Waals surface area contributed by atoms with Gasteiger partial charge in [0.2, 0.25) is 11.5 Å². The lowest BCUT2D eigenvalue weighted by molar-refractivity contribution is -0.671. The van der Waals surface area contributed by atoms with Crippen LogP contribution in [0.15, 0.2) is 45.2 Å². The zero-order valence-electron chi connectivity index (χ0n) is 18.0. The maximum Gasteiger partial charge on any atom is 0.353 e. The molecule has 0 saturated carbocycles. The predicted octanol–water partition coefficient (Wildman–Crippen LogP) is -0.174. The van der Waals surface area contributed by atoms with E-state index in [0.29, 0.717) is 16.4 Å². The Morgan fingerprint density at radius 3 is 2.79 bits per heavy atom. The van der Waals surface area contributed by atoms with Crippen molar-refractivity contribution in [3.05, 3.63) is 41.0 Å². The highest BCUT2D eigenvalue weighted by Gasteiger charge is 2.54. The van der Waals surface area contributed by atoms with Crippen molar-refractivity contribution in [1.29, 1.82) is 0 Å². The second kappa shape index (κ2) is 9.99. The minimum atomic E-state index is -1.19. The first-order valence-electron chi connectivity index (χ1n) is 9.82. The van der Waals surface area contributed by atoms with Gasteiger partial charge in [0.25, 0.3) is 11.8 Å². The summed E-state index contributed by atoms with van der Waals surface area (Å²) in [6.45, 7) is 0. The van der Waals surface area contributed by atoms with E-state index in [0.717, 1.165) is 16.4 Å². The van der Waals surface area contributed by atoms with Crippen LogP contribution in [-0.4, -0.2) is 73.6 Å². The molecule has 15 heteroatoms. The summed E-state index contributed by atoms with van der Waals surface area (Å²) in [5.41, 5.74) is 5.30. The third kappa shape index (κ3) is 4.71. The second-order valence-corrected chi connectivity index (χ2v) is 10.1. The summed E-state index contributed by atoms with van der Waals surface area (Å²) in [6.07, 6.45) is 3.81. The van der Waals surface area contributed by atoms with Gasteiger partial charge in [-0.05, 0) is 0 Å². The van der Waals surface area contributed by atoms with E-state index >= 15 is 0 Å². The minimum Gasteiger partial charge on any atom is -0.477 e. The summed E-state index contributed by atoms with van der Waals surface area (Å²) in [4.78, 5) is 49.2. The number of aryl methyl sites for hydroxylation is 1. The molecule has 34 heavy (non-hydrogen) atoms. The molecule has 0 radical (unpaired) electrons. The van der Waals surface area contributed by atoms with Gasteiger partial charge in [-0.15, -0.1) is 23.5 Å². The largest absolute Gasteiger partial charge is 0.477 e. The lowest BCUT2D eigenvalue weighted by Gasteiger charge is -2.49. The van der Waals surface area contributed by atoms with Gasteiger partial charge < -0.3 is 21.0 Å². The molecule has 2 unspecified atom stereocenters. The van der Waals surface area contributed by atoms with E-state index in [1.54, 1.807) is 0 Å². The first-order valence-corrected chi connectivity index (χ1v) is 12.6. The van der Waals surface area contributed by atoms with E-state index in [-0.39, 0.29) is 22.4 Å². The first kappa shape index (κ1) is 24.0. The number of aliphatic carboxylic acids is 1. The van der Waals surface area contributed by atoms with Crippen LogP contribution in [0.3, 0.4) is 0 Å². The Morgan fingerprint density at radius 2 is 2.18 bits per heavy atom. The van der Waals surface area contributed by atoms with E-state index in [1.807, 2.05) is 36.1 Å². The highest BCUT2D eigenvalue weighted by molar-refractivity contribution is 8.06. The molecule has 2 aliphatic heterocycles. The number of carboxylic acids is 1. The summed E-state index contributed by atoms with van der Waals surface area (Å²) in [5.74, 6) is -1.59. The number of β-lactam (4-membered cyclic amide) rings is 1. The Hall–Kier alpha value is -3.17. The Kier molecular flexibility index (Phi) is 7.04. The quantitative estimate of drug-likeness (QED) is 0.139. The van der Waals surface area contributed by atoms with Crippen molar-refractivity contribution in [3.8, 4) is 0 Å². The highest BCUT2D eigenvalue weighted by atomic mass is 32.2. The Morgan fingerprint density at radius 1 is 1.44 bits per heavy atom. The monoisotopic (exact) mass is 522 g/mol. The van der Waals surface area contributed by atoms with Crippen molar-refractivity contribution in [2.45, 2.75) is 17.0 Å². The molecule has 0 bridgehead atoms. The number of nitrogen functional groups attached to an aromatic ring is 1. The van der Waals surface area contributed by atoms with Crippen LogP contribution in [0.2, 0.25) is 0 Å². The third-order valence-electron chi connectivity index (χ3n) is 5.01. The summed E-state index contributed by atoms with van der Waals surface area (Å²) in [5, 5.41) is 16.2. The number of aromatic nitrogens is 3. The van der Waals surface area contributed by atoms with Crippen LogP contribution < -0.4 is 15.6 Å². The van der Waals surface area contributed by atoms with Gasteiger partial charge >= 0.3 is 5.97 Å². The van der Waals surface area contributed by atoms with Crippen molar-refractivity contribution in [2.24, 2.45) is 12.2 Å². The number of carboxylic acid groups (broad SMARTS) is 1. The fraction of sp³-hybridized carbons (Fsp3) is 0.316. The van der Waals surface area contributed by atoms with Crippen molar-refractivity contribution >= 4 is 63.7 Å². The van der Waals surface area contributed by atoms with Gasteiger partial charge in [0.15, 0.2) is 17.5 Å². The molecule has 2 aromatic rings. The van der Waals surface area contributed by atoms with E-state index < -0.39 is 29.9 Å². The number of nitrogens with two attached hydrogens (primary N) is 1. The van der Waals surface area contributed by atoms with Crippen LogP contribution in [0.4, 0.5) is 5.13 Å². The van der Waals surface area contributed by atoms with Crippen LogP contribution >= 0.6 is 35.1 Å². The number of anilines is 1. The molecule has 2 aromatic heterocycles. The highest BCUT2D eigenvalue weighted by Crippen LogP contribution is 2.41. The van der Waals surface area contributed by atoms with Crippen molar-refractivity contribution in [3.63, 3.8) is 0 Å². The molecule has 178 valence electrons. The molecule has 0 spiro atoms. The molecule has 1 fully saturated rings. The summed E-state index contributed by atoms with van der Waals surface area (Å²) >= 11 is 3.75. The number of oxime groups is 1. The van der Waals surface area contributed by atoms with E-state index in [4.69, 9.17) is 10.6 Å². The maximum absolute atomic E-state index is 12.9. The fourth-order valence-electron chi connectivity index (χ4n) is 3.42. The lowest BCUT2D eigenvalue weighted by atomic mass is 9.94. The first-order chi connectivity index (χ1) is 16.3. The van der Waals surface area contributed by atoms with Crippen LogP contribution in [0.25, 0.3) is 0 Å². The van der Waals surface area contributed by atoms with E-state index in [1.165, 1.54) is 35.5 Å². The predicted molar refractivity (Wildman–Crippen MR) is 126 cm³/mol. The van der Waals surface area contributed by atoms with Crippen LogP contribution in [0.1, 0.15) is 5.82 Å². The molecular weight excluding hydrogens is 502 g/mol. The zero-order chi connectivity index (χ0) is 24.4. The molecule has 2 aliphatic rings. The number of carbonyl (C=O) groups excluding carboxylic acids is 2. The van der Waals surface area contributed by atoms with Crippen molar-refractivity contribution in [1.82, 2.24) is 19.6 Å². The number of rotatable bonds is 8. The fourth-order valence-corrected chi connectivity index (χ4v) is 6.15. The smallest absolute Gasteiger partial charge is 0.353 e. The third-order valence-corrected chi connectivity index (χ3v) is 7.97. The molecule has 0 aliphatic carbocycles.